The van der Waals surface area contributed by atoms with E-state index in [9.17, 15) is 0 Å². The number of likely N-dealkylation sites (tertiary alicyclic amines) is 1. The maximum Gasteiger partial charge on any atom is 0.0703 e. The van der Waals surface area contributed by atoms with E-state index in [-0.39, 0.29) is 5.41 Å². The first kappa shape index (κ1) is 11.0. The summed E-state index contributed by atoms with van der Waals surface area (Å²) in [6.07, 6.45) is 3.54. The molecular formula is C13H22N2. The summed E-state index contributed by atoms with van der Waals surface area (Å²) in [7, 11) is 0. The summed E-state index contributed by atoms with van der Waals surface area (Å²) in [6, 6.07) is 2.49. The van der Waals surface area contributed by atoms with E-state index < -0.39 is 0 Å². The second kappa shape index (κ2) is 3.49. The van der Waals surface area contributed by atoms with Crippen molar-refractivity contribution >= 4 is 0 Å². The molecular weight excluding hydrogens is 184 g/mol. The highest BCUT2D eigenvalue weighted by molar-refractivity contribution is 5.12. The van der Waals surface area contributed by atoms with E-state index in [1.54, 1.807) is 0 Å². The third-order valence-electron chi connectivity index (χ3n) is 4.59. The number of nitrogens with zero attached hydrogens (tertiary/aromatic N) is 2. The highest BCUT2D eigenvalue weighted by Gasteiger charge is 2.47. The normalized spacial score (nSPS) is 34.3. The van der Waals surface area contributed by atoms with Gasteiger partial charge in [0.2, 0.25) is 0 Å². The standard InChI is InChI=1S/C13H22N2/c1-11(2)12(3)6-7-15(9-12)10-13(8-14)4-5-13/h11H,4-7,9-10H2,1-3H3. The molecule has 0 aromatic rings. The smallest absolute Gasteiger partial charge is 0.0703 e. The van der Waals surface area contributed by atoms with Gasteiger partial charge in [-0.15, -0.1) is 0 Å². The molecule has 0 aromatic heterocycles. The van der Waals surface area contributed by atoms with Crippen LogP contribution in [0.25, 0.3) is 0 Å². The second-order valence-corrected chi connectivity index (χ2v) is 6.16. The van der Waals surface area contributed by atoms with Gasteiger partial charge in [-0.25, -0.2) is 0 Å². The van der Waals surface area contributed by atoms with Crippen molar-refractivity contribution in [2.45, 2.75) is 40.0 Å². The van der Waals surface area contributed by atoms with Gasteiger partial charge in [0.25, 0.3) is 0 Å². The van der Waals surface area contributed by atoms with Crippen molar-refractivity contribution in [3.05, 3.63) is 0 Å². The molecule has 2 aliphatic rings. The molecule has 84 valence electrons. The fourth-order valence-electron chi connectivity index (χ4n) is 2.57. The Morgan fingerprint density at radius 2 is 2.00 bits per heavy atom. The lowest BCUT2D eigenvalue weighted by molar-refractivity contribution is 0.200. The highest BCUT2D eigenvalue weighted by Crippen LogP contribution is 2.47. The SMILES string of the molecule is CC(C)C1(C)CCN(CC2(C#N)CC2)C1. The van der Waals surface area contributed by atoms with E-state index >= 15 is 0 Å². The molecule has 2 nitrogen and oxygen atoms in total. The molecule has 2 fully saturated rings. The average molecular weight is 206 g/mol. The van der Waals surface area contributed by atoms with E-state index in [1.165, 1.54) is 19.5 Å². The predicted octanol–water partition coefficient (Wildman–Crippen LogP) is 2.66. The Balaban J connectivity index is 1.91. The lowest BCUT2D eigenvalue weighted by Gasteiger charge is -2.29. The first-order chi connectivity index (χ1) is 7.00. The van der Waals surface area contributed by atoms with Gasteiger partial charge < -0.3 is 4.90 Å². The van der Waals surface area contributed by atoms with Crippen molar-refractivity contribution in [3.63, 3.8) is 0 Å². The molecule has 1 saturated carbocycles. The van der Waals surface area contributed by atoms with Gasteiger partial charge in [0.1, 0.15) is 0 Å². The molecule has 2 rings (SSSR count). The zero-order chi connectivity index (χ0) is 11.1. The summed E-state index contributed by atoms with van der Waals surface area (Å²) in [4.78, 5) is 2.51. The maximum absolute atomic E-state index is 9.08. The molecule has 1 aliphatic heterocycles. The van der Waals surface area contributed by atoms with Crippen molar-refractivity contribution in [1.29, 1.82) is 5.26 Å². The average Bonchev–Trinajstić information content (AvgIpc) is 2.85. The van der Waals surface area contributed by atoms with Crippen LogP contribution in [0.15, 0.2) is 0 Å². The Hall–Kier alpha value is -0.550. The van der Waals surface area contributed by atoms with Gasteiger partial charge in [0, 0.05) is 13.1 Å². The zero-order valence-corrected chi connectivity index (χ0v) is 10.2. The van der Waals surface area contributed by atoms with Crippen LogP contribution in [0.5, 0.6) is 0 Å². The minimum Gasteiger partial charge on any atom is -0.301 e. The van der Waals surface area contributed by atoms with Gasteiger partial charge in [0.05, 0.1) is 11.5 Å². The van der Waals surface area contributed by atoms with Crippen LogP contribution >= 0.6 is 0 Å². The van der Waals surface area contributed by atoms with Crippen molar-refractivity contribution in [2.24, 2.45) is 16.7 Å². The van der Waals surface area contributed by atoms with Gasteiger partial charge in [-0.3, -0.25) is 0 Å². The van der Waals surface area contributed by atoms with Gasteiger partial charge in [-0.05, 0) is 37.1 Å². The van der Waals surface area contributed by atoms with Crippen molar-refractivity contribution < 1.29 is 0 Å². The van der Waals surface area contributed by atoms with E-state index in [2.05, 4.69) is 31.7 Å². The van der Waals surface area contributed by atoms with Crippen molar-refractivity contribution in [1.82, 2.24) is 4.90 Å². The quantitative estimate of drug-likeness (QED) is 0.710. The molecule has 1 unspecified atom stereocenters. The summed E-state index contributed by atoms with van der Waals surface area (Å²) in [6.45, 7) is 10.4. The Bertz CT molecular complexity index is 285. The van der Waals surface area contributed by atoms with Crippen LogP contribution in [0.2, 0.25) is 0 Å². The number of nitriles is 1. The molecule has 0 radical (unpaired) electrons. The summed E-state index contributed by atoms with van der Waals surface area (Å²) in [5, 5.41) is 9.08. The van der Waals surface area contributed by atoms with E-state index in [0.717, 1.165) is 25.3 Å². The molecule has 1 saturated heterocycles. The molecule has 0 spiro atoms. The number of rotatable bonds is 3. The molecule has 2 heteroatoms. The van der Waals surface area contributed by atoms with Crippen LogP contribution in [-0.4, -0.2) is 24.5 Å². The predicted molar refractivity (Wildman–Crippen MR) is 61.3 cm³/mol. The summed E-state index contributed by atoms with van der Waals surface area (Å²) < 4.78 is 0. The highest BCUT2D eigenvalue weighted by atomic mass is 15.2. The largest absolute Gasteiger partial charge is 0.301 e. The fourth-order valence-corrected chi connectivity index (χ4v) is 2.57. The first-order valence-corrected chi connectivity index (χ1v) is 6.13. The van der Waals surface area contributed by atoms with E-state index in [1.807, 2.05) is 0 Å². The first-order valence-electron chi connectivity index (χ1n) is 6.13. The third kappa shape index (κ3) is 2.03. The Morgan fingerprint density at radius 1 is 1.33 bits per heavy atom. The second-order valence-electron chi connectivity index (χ2n) is 6.16. The topological polar surface area (TPSA) is 27.0 Å². The van der Waals surface area contributed by atoms with Crippen LogP contribution in [-0.2, 0) is 0 Å². The van der Waals surface area contributed by atoms with Gasteiger partial charge in [-0.2, -0.15) is 5.26 Å². The molecule has 15 heavy (non-hydrogen) atoms. The molecule has 0 aromatic carbocycles. The number of hydrogen-bond donors (Lipinski definition) is 0. The molecule has 0 amide bonds. The van der Waals surface area contributed by atoms with Crippen LogP contribution in [0.3, 0.4) is 0 Å². The van der Waals surface area contributed by atoms with Gasteiger partial charge in [0.15, 0.2) is 0 Å². The minimum atomic E-state index is 0.0439. The Kier molecular flexibility index (Phi) is 2.55. The maximum atomic E-state index is 9.08. The van der Waals surface area contributed by atoms with Gasteiger partial charge in [-0.1, -0.05) is 20.8 Å². The zero-order valence-electron chi connectivity index (χ0n) is 10.2. The molecule has 1 atom stereocenters. The lowest BCUT2D eigenvalue weighted by atomic mass is 9.78. The summed E-state index contributed by atoms with van der Waals surface area (Å²) in [5.74, 6) is 0.750. The minimum absolute atomic E-state index is 0.0439. The monoisotopic (exact) mass is 206 g/mol. The molecule has 1 aliphatic carbocycles. The lowest BCUT2D eigenvalue weighted by Crippen LogP contribution is -2.32. The van der Waals surface area contributed by atoms with Gasteiger partial charge >= 0.3 is 0 Å². The Morgan fingerprint density at radius 3 is 2.40 bits per heavy atom. The fraction of sp³-hybridized carbons (Fsp3) is 0.923. The van der Waals surface area contributed by atoms with Crippen LogP contribution in [0, 0.1) is 28.1 Å². The molecule has 0 bridgehead atoms. The summed E-state index contributed by atoms with van der Waals surface area (Å²) >= 11 is 0. The molecule has 1 heterocycles. The van der Waals surface area contributed by atoms with Crippen molar-refractivity contribution in [2.75, 3.05) is 19.6 Å². The summed E-state index contributed by atoms with van der Waals surface area (Å²) in [5.41, 5.74) is 0.522. The van der Waals surface area contributed by atoms with E-state index in [4.69, 9.17) is 5.26 Å². The van der Waals surface area contributed by atoms with Crippen LogP contribution in [0.4, 0.5) is 0 Å². The number of hydrogen-bond acceptors (Lipinski definition) is 2. The van der Waals surface area contributed by atoms with E-state index in [0.29, 0.717) is 5.41 Å². The van der Waals surface area contributed by atoms with Crippen LogP contribution in [0.1, 0.15) is 40.0 Å². The van der Waals surface area contributed by atoms with Crippen molar-refractivity contribution in [3.8, 4) is 6.07 Å². The third-order valence-corrected chi connectivity index (χ3v) is 4.59. The Labute approximate surface area is 93.3 Å². The van der Waals surface area contributed by atoms with Crippen LogP contribution < -0.4 is 0 Å². The molecule has 0 N–H and O–H groups in total.